The predicted octanol–water partition coefficient (Wildman–Crippen LogP) is 1.77. The smallest absolute Gasteiger partial charge is 0.416 e. The summed E-state index contributed by atoms with van der Waals surface area (Å²) in [5.41, 5.74) is -0.483. The van der Waals surface area contributed by atoms with Gasteiger partial charge >= 0.3 is 12.1 Å². The highest BCUT2D eigenvalue weighted by molar-refractivity contribution is 6.33. The Hall–Kier alpha value is -1.54. The Kier molecular flexibility index (Phi) is 4.36. The molecule has 100 valence electrons. The van der Waals surface area contributed by atoms with Gasteiger partial charge in [-0.2, -0.15) is 13.2 Å². The summed E-state index contributed by atoms with van der Waals surface area (Å²) in [5, 5.41) is 19.5. The number of rotatable bonds is 4. The molecule has 0 saturated heterocycles. The first-order valence-electron chi connectivity index (χ1n) is 4.60. The maximum Gasteiger partial charge on any atom is 0.416 e. The summed E-state index contributed by atoms with van der Waals surface area (Å²) in [5.74, 6) is -1.53. The Morgan fingerprint density at radius 2 is 2.11 bits per heavy atom. The zero-order valence-electron chi connectivity index (χ0n) is 8.70. The monoisotopic (exact) mass is 284 g/mol. The molecule has 0 aliphatic carbocycles. The lowest BCUT2D eigenvalue weighted by Gasteiger charge is -2.15. The van der Waals surface area contributed by atoms with E-state index in [4.69, 9.17) is 21.8 Å². The molecule has 0 aliphatic heterocycles. The first-order chi connectivity index (χ1) is 8.21. The molecule has 0 radical (unpaired) electrons. The van der Waals surface area contributed by atoms with Crippen LogP contribution in [-0.2, 0) is 0 Å². The summed E-state index contributed by atoms with van der Waals surface area (Å²) in [6.07, 6.45) is -7.32. The number of hydrogen-bond acceptors (Lipinski definition) is 4. The summed E-state index contributed by atoms with van der Waals surface area (Å²) in [4.78, 5) is 14.2. The second-order valence-corrected chi connectivity index (χ2v) is 3.68. The first-order valence-corrected chi connectivity index (χ1v) is 4.98. The molecule has 1 aromatic heterocycles. The van der Waals surface area contributed by atoms with Crippen molar-refractivity contribution in [2.45, 2.75) is 12.3 Å². The van der Waals surface area contributed by atoms with Gasteiger partial charge < -0.3 is 15.5 Å². The number of carboxylic acid groups (broad SMARTS) is 1. The lowest BCUT2D eigenvalue weighted by Crippen LogP contribution is -2.35. The molecular weight excluding hydrogens is 277 g/mol. The molecule has 0 aromatic carbocycles. The highest BCUT2D eigenvalue weighted by Crippen LogP contribution is 2.21. The van der Waals surface area contributed by atoms with Crippen molar-refractivity contribution >= 4 is 23.4 Å². The lowest BCUT2D eigenvalue weighted by atomic mass is 10.3. The number of aliphatic hydroxyl groups excluding tert-OH is 1. The van der Waals surface area contributed by atoms with E-state index < -0.39 is 30.5 Å². The topological polar surface area (TPSA) is 82.5 Å². The van der Waals surface area contributed by atoms with Gasteiger partial charge in [0.1, 0.15) is 5.82 Å². The molecule has 5 nitrogen and oxygen atoms in total. The number of anilines is 1. The lowest BCUT2D eigenvalue weighted by molar-refractivity contribution is -0.198. The molecule has 18 heavy (non-hydrogen) atoms. The quantitative estimate of drug-likeness (QED) is 0.785. The summed E-state index contributed by atoms with van der Waals surface area (Å²) < 4.78 is 36.0. The van der Waals surface area contributed by atoms with Crippen LogP contribution in [0.1, 0.15) is 10.5 Å². The van der Waals surface area contributed by atoms with Crippen molar-refractivity contribution in [2.75, 3.05) is 11.9 Å². The average molecular weight is 285 g/mol. The van der Waals surface area contributed by atoms with Crippen LogP contribution in [0, 0.1) is 0 Å². The molecular formula is C9H8ClF3N2O3. The Labute approximate surface area is 104 Å². The van der Waals surface area contributed by atoms with Gasteiger partial charge in [0.25, 0.3) is 0 Å². The van der Waals surface area contributed by atoms with Crippen molar-refractivity contribution in [3.8, 4) is 0 Å². The molecule has 0 amide bonds. The number of nitrogens with zero attached hydrogens (tertiary/aromatic N) is 1. The summed E-state index contributed by atoms with van der Waals surface area (Å²) in [7, 11) is 0. The van der Waals surface area contributed by atoms with Gasteiger partial charge in [-0.15, -0.1) is 0 Å². The first kappa shape index (κ1) is 14.5. The van der Waals surface area contributed by atoms with Gasteiger partial charge in [-0.05, 0) is 12.1 Å². The van der Waals surface area contributed by atoms with Gasteiger partial charge in [-0.1, -0.05) is 11.6 Å². The summed E-state index contributed by atoms with van der Waals surface area (Å²) in [6.45, 7) is -0.836. The third kappa shape index (κ3) is 3.74. The number of halogens is 4. The van der Waals surface area contributed by atoms with Crippen molar-refractivity contribution in [1.29, 1.82) is 0 Å². The van der Waals surface area contributed by atoms with Crippen LogP contribution in [0.3, 0.4) is 0 Å². The number of aromatic nitrogens is 1. The van der Waals surface area contributed by atoms with E-state index in [1.807, 2.05) is 0 Å². The maximum atomic E-state index is 12.0. The second kappa shape index (κ2) is 5.40. The fraction of sp³-hybridized carbons (Fsp3) is 0.333. The van der Waals surface area contributed by atoms with E-state index in [0.717, 1.165) is 0 Å². The third-order valence-corrected chi connectivity index (χ3v) is 2.21. The standard InChI is InChI=1S/C9H8ClF3N2O3/c10-4-1-2-6(15-7(4)8(17)18)14-3-5(16)9(11,12)13/h1-2,5,16H,3H2,(H,14,15)(H,17,18). The van der Waals surface area contributed by atoms with Gasteiger partial charge in [-0.3, -0.25) is 0 Å². The van der Waals surface area contributed by atoms with Crippen LogP contribution in [0.25, 0.3) is 0 Å². The minimum atomic E-state index is -4.75. The number of hydrogen-bond donors (Lipinski definition) is 3. The minimum absolute atomic E-state index is 0.125. The zero-order valence-corrected chi connectivity index (χ0v) is 9.46. The molecule has 1 unspecified atom stereocenters. The number of pyridine rings is 1. The molecule has 3 N–H and O–H groups in total. The number of aliphatic hydroxyl groups is 1. The fourth-order valence-electron chi connectivity index (χ4n) is 1.01. The van der Waals surface area contributed by atoms with E-state index in [-0.39, 0.29) is 10.8 Å². The van der Waals surface area contributed by atoms with Gasteiger partial charge in [0.05, 0.1) is 11.6 Å². The summed E-state index contributed by atoms with van der Waals surface area (Å²) >= 11 is 5.53. The van der Waals surface area contributed by atoms with Crippen molar-refractivity contribution in [2.24, 2.45) is 0 Å². The Morgan fingerprint density at radius 3 is 2.61 bits per heavy atom. The van der Waals surface area contributed by atoms with Crippen LogP contribution in [0.15, 0.2) is 12.1 Å². The molecule has 0 fully saturated rings. The summed E-state index contributed by atoms with van der Waals surface area (Å²) in [6, 6.07) is 2.39. The molecule has 0 spiro atoms. The molecule has 1 aromatic rings. The van der Waals surface area contributed by atoms with Crippen molar-refractivity contribution in [3.05, 3.63) is 22.8 Å². The van der Waals surface area contributed by atoms with E-state index in [2.05, 4.69) is 10.3 Å². The molecule has 0 aliphatic rings. The Bertz CT molecular complexity index is 453. The van der Waals surface area contributed by atoms with Crippen LogP contribution in [0.5, 0.6) is 0 Å². The second-order valence-electron chi connectivity index (χ2n) is 3.27. The minimum Gasteiger partial charge on any atom is -0.476 e. The average Bonchev–Trinajstić information content (AvgIpc) is 2.25. The van der Waals surface area contributed by atoms with E-state index in [0.29, 0.717) is 0 Å². The fourth-order valence-corrected chi connectivity index (χ4v) is 1.19. The highest BCUT2D eigenvalue weighted by Gasteiger charge is 2.37. The van der Waals surface area contributed by atoms with Crippen molar-refractivity contribution in [3.63, 3.8) is 0 Å². The number of aromatic carboxylic acids is 1. The predicted molar refractivity (Wildman–Crippen MR) is 56.8 cm³/mol. The van der Waals surface area contributed by atoms with Crippen LogP contribution in [-0.4, -0.2) is 40.0 Å². The molecule has 1 heterocycles. The van der Waals surface area contributed by atoms with Gasteiger partial charge in [0.15, 0.2) is 11.8 Å². The molecule has 0 saturated carbocycles. The number of carbonyl (C=O) groups is 1. The van der Waals surface area contributed by atoms with E-state index >= 15 is 0 Å². The Balaban J connectivity index is 2.75. The van der Waals surface area contributed by atoms with E-state index in [1.165, 1.54) is 12.1 Å². The van der Waals surface area contributed by atoms with Gasteiger partial charge in [-0.25, -0.2) is 9.78 Å². The highest BCUT2D eigenvalue weighted by atomic mass is 35.5. The molecule has 1 rings (SSSR count). The molecule has 0 bridgehead atoms. The van der Waals surface area contributed by atoms with Crippen LogP contribution < -0.4 is 5.32 Å². The van der Waals surface area contributed by atoms with Crippen molar-refractivity contribution < 1.29 is 28.2 Å². The normalized spacial score (nSPS) is 13.2. The number of alkyl halides is 3. The Morgan fingerprint density at radius 1 is 1.50 bits per heavy atom. The number of carboxylic acids is 1. The third-order valence-electron chi connectivity index (χ3n) is 1.90. The van der Waals surface area contributed by atoms with Crippen LogP contribution >= 0.6 is 11.6 Å². The van der Waals surface area contributed by atoms with Crippen LogP contribution in [0.4, 0.5) is 19.0 Å². The zero-order chi connectivity index (χ0) is 13.9. The van der Waals surface area contributed by atoms with Crippen LogP contribution in [0.2, 0.25) is 5.02 Å². The maximum absolute atomic E-state index is 12.0. The van der Waals surface area contributed by atoms with Gasteiger partial charge in [0, 0.05) is 0 Å². The molecule has 1 atom stereocenters. The molecule has 9 heteroatoms. The largest absolute Gasteiger partial charge is 0.476 e. The van der Waals surface area contributed by atoms with E-state index in [9.17, 15) is 18.0 Å². The number of nitrogens with one attached hydrogen (secondary N) is 1. The van der Waals surface area contributed by atoms with Gasteiger partial charge in [0.2, 0.25) is 0 Å². The van der Waals surface area contributed by atoms with E-state index in [1.54, 1.807) is 0 Å². The van der Waals surface area contributed by atoms with Crippen molar-refractivity contribution in [1.82, 2.24) is 4.98 Å². The SMILES string of the molecule is O=C(O)c1nc(NCC(O)C(F)(F)F)ccc1Cl.